The zero-order valence-electron chi connectivity index (χ0n) is 21.2. The lowest BCUT2D eigenvalue weighted by atomic mass is 9.83. The van der Waals surface area contributed by atoms with Crippen molar-refractivity contribution < 1.29 is 19.1 Å². The highest BCUT2D eigenvalue weighted by Gasteiger charge is 2.46. The van der Waals surface area contributed by atoms with Gasteiger partial charge in [0.25, 0.3) is 0 Å². The van der Waals surface area contributed by atoms with Crippen molar-refractivity contribution in [3.63, 3.8) is 0 Å². The quantitative estimate of drug-likeness (QED) is 0.325. The minimum Gasteiger partial charge on any atom is -0.463 e. The number of rotatable bonds is 12. The first-order valence-corrected chi connectivity index (χ1v) is 11.8. The SMILES string of the molecule is C=CCN(CC=C)[C@@H]1CC(C(=O)OCC)=C[C@H](OC(CC)CC)[C@@H]1N(C(C)=O)C(C)(C)C. The van der Waals surface area contributed by atoms with E-state index in [4.69, 9.17) is 9.47 Å². The maximum absolute atomic E-state index is 13.0. The van der Waals surface area contributed by atoms with E-state index in [0.29, 0.717) is 31.7 Å². The molecule has 1 amide bonds. The summed E-state index contributed by atoms with van der Waals surface area (Å²) in [6.45, 7) is 23.1. The average Bonchev–Trinajstić information content (AvgIpc) is 2.71. The van der Waals surface area contributed by atoms with Gasteiger partial charge in [-0.1, -0.05) is 26.0 Å². The molecule has 6 nitrogen and oxygen atoms in total. The molecule has 1 rings (SSSR count). The summed E-state index contributed by atoms with van der Waals surface area (Å²) < 4.78 is 11.9. The largest absolute Gasteiger partial charge is 0.463 e. The molecule has 0 radical (unpaired) electrons. The Morgan fingerprint density at radius 1 is 1.16 bits per heavy atom. The Morgan fingerprint density at radius 2 is 1.72 bits per heavy atom. The Bertz CT molecular complexity index is 666. The summed E-state index contributed by atoms with van der Waals surface area (Å²) in [6.07, 6.45) is 7.34. The second-order valence-electron chi connectivity index (χ2n) is 9.30. The lowest BCUT2D eigenvalue weighted by molar-refractivity contribution is -0.149. The number of hydrogen-bond acceptors (Lipinski definition) is 5. The van der Waals surface area contributed by atoms with Gasteiger partial charge in [0.2, 0.25) is 5.91 Å². The maximum atomic E-state index is 13.0. The van der Waals surface area contributed by atoms with Crippen LogP contribution in [0.3, 0.4) is 0 Å². The molecule has 0 unspecified atom stereocenters. The predicted molar refractivity (Wildman–Crippen MR) is 130 cm³/mol. The van der Waals surface area contributed by atoms with Gasteiger partial charge in [-0.2, -0.15) is 0 Å². The molecule has 6 heteroatoms. The first-order valence-electron chi connectivity index (χ1n) is 11.8. The van der Waals surface area contributed by atoms with Gasteiger partial charge in [-0.25, -0.2) is 4.79 Å². The number of carbonyl (C=O) groups excluding carboxylic acids is 2. The van der Waals surface area contributed by atoms with Gasteiger partial charge in [-0.15, -0.1) is 13.2 Å². The maximum Gasteiger partial charge on any atom is 0.333 e. The fourth-order valence-electron chi connectivity index (χ4n) is 4.60. The van der Waals surface area contributed by atoms with Crippen molar-refractivity contribution in [2.45, 2.75) is 97.6 Å². The molecule has 0 aromatic carbocycles. The molecule has 0 fully saturated rings. The van der Waals surface area contributed by atoms with Gasteiger partial charge >= 0.3 is 5.97 Å². The van der Waals surface area contributed by atoms with Crippen molar-refractivity contribution in [3.8, 4) is 0 Å². The highest BCUT2D eigenvalue weighted by molar-refractivity contribution is 5.89. The van der Waals surface area contributed by atoms with Crippen molar-refractivity contribution in [2.75, 3.05) is 19.7 Å². The third-order valence-corrected chi connectivity index (χ3v) is 5.88. The molecule has 0 heterocycles. The van der Waals surface area contributed by atoms with Gasteiger partial charge in [-0.05, 0) is 53.0 Å². The standard InChI is InChI=1S/C26H44N2O4/c1-10-15-27(16-11-2)22-17-20(25(30)31-14-5)18-23(32-21(12-3)13-4)24(22)28(19(6)29)26(7,8)9/h10-11,18,21-24H,1-2,12-17H2,3-9H3/t22-,23+,24-/m1/s1. The van der Waals surface area contributed by atoms with Crippen LogP contribution in [0.5, 0.6) is 0 Å². The Labute approximate surface area is 195 Å². The Balaban J connectivity index is 3.69. The number of ether oxygens (including phenoxy) is 2. The van der Waals surface area contributed by atoms with Crippen LogP contribution in [0.1, 0.15) is 67.7 Å². The Morgan fingerprint density at radius 3 is 2.12 bits per heavy atom. The fraction of sp³-hybridized carbons (Fsp3) is 0.692. The first-order chi connectivity index (χ1) is 15.0. The van der Waals surface area contributed by atoms with Crippen LogP contribution in [0.4, 0.5) is 0 Å². The zero-order chi connectivity index (χ0) is 24.5. The van der Waals surface area contributed by atoms with E-state index in [1.165, 1.54) is 0 Å². The van der Waals surface area contributed by atoms with E-state index in [-0.39, 0.29) is 30.1 Å². The number of carbonyl (C=O) groups is 2. The lowest BCUT2D eigenvalue weighted by Crippen LogP contribution is -2.65. The van der Waals surface area contributed by atoms with E-state index < -0.39 is 11.6 Å². The van der Waals surface area contributed by atoms with Gasteiger partial charge < -0.3 is 14.4 Å². The van der Waals surface area contributed by atoms with Crippen molar-refractivity contribution in [1.29, 1.82) is 0 Å². The summed E-state index contributed by atoms with van der Waals surface area (Å²) in [7, 11) is 0. The van der Waals surface area contributed by atoms with Gasteiger partial charge in [0, 0.05) is 37.2 Å². The van der Waals surface area contributed by atoms with Crippen LogP contribution in [0, 0.1) is 0 Å². The monoisotopic (exact) mass is 448 g/mol. The highest BCUT2D eigenvalue weighted by atomic mass is 16.5. The molecular weight excluding hydrogens is 404 g/mol. The predicted octanol–water partition coefficient (Wildman–Crippen LogP) is 4.51. The van der Waals surface area contributed by atoms with Gasteiger partial charge in [-0.3, -0.25) is 9.69 Å². The van der Waals surface area contributed by atoms with Crippen LogP contribution in [0.2, 0.25) is 0 Å². The van der Waals surface area contributed by atoms with E-state index in [1.54, 1.807) is 13.8 Å². The van der Waals surface area contributed by atoms with Crippen LogP contribution >= 0.6 is 0 Å². The van der Waals surface area contributed by atoms with Crippen molar-refractivity contribution in [1.82, 2.24) is 9.80 Å². The molecule has 0 saturated carbocycles. The minimum absolute atomic E-state index is 0.0178. The van der Waals surface area contributed by atoms with Crippen molar-refractivity contribution >= 4 is 11.9 Å². The summed E-state index contributed by atoms with van der Waals surface area (Å²) in [5.74, 6) is -0.341. The molecule has 3 atom stereocenters. The molecule has 182 valence electrons. The van der Waals surface area contributed by atoms with E-state index in [0.717, 1.165) is 12.8 Å². The number of esters is 1. The van der Waals surface area contributed by atoms with Gasteiger partial charge in [0.05, 0.1) is 24.9 Å². The lowest BCUT2D eigenvalue weighted by Gasteiger charge is -2.51. The highest BCUT2D eigenvalue weighted by Crippen LogP contribution is 2.34. The first kappa shape index (κ1) is 28.1. The number of nitrogens with zero attached hydrogens (tertiary/aromatic N) is 2. The Kier molecular flexibility index (Phi) is 11.4. The Hall–Kier alpha value is -1.92. The average molecular weight is 449 g/mol. The summed E-state index contributed by atoms with van der Waals surface area (Å²) in [6, 6.07) is -0.427. The number of hydrogen-bond donors (Lipinski definition) is 0. The fourth-order valence-corrected chi connectivity index (χ4v) is 4.60. The summed E-state index contributed by atoms with van der Waals surface area (Å²) in [5.41, 5.74) is 0.174. The molecule has 1 aliphatic rings. The molecule has 0 aromatic rings. The molecule has 32 heavy (non-hydrogen) atoms. The second-order valence-corrected chi connectivity index (χ2v) is 9.30. The number of amides is 1. The molecular formula is C26H44N2O4. The van der Waals surface area contributed by atoms with Crippen LogP contribution in [0.15, 0.2) is 37.0 Å². The molecule has 0 saturated heterocycles. The smallest absolute Gasteiger partial charge is 0.333 e. The second kappa shape index (κ2) is 12.9. The molecule has 0 aliphatic heterocycles. The van der Waals surface area contributed by atoms with E-state index >= 15 is 0 Å². The van der Waals surface area contributed by atoms with Crippen molar-refractivity contribution in [2.24, 2.45) is 0 Å². The minimum atomic E-state index is -0.432. The molecule has 0 bridgehead atoms. The van der Waals surface area contributed by atoms with E-state index in [9.17, 15) is 9.59 Å². The zero-order valence-corrected chi connectivity index (χ0v) is 21.2. The molecule has 1 aliphatic carbocycles. The van der Waals surface area contributed by atoms with Gasteiger partial charge in [0.1, 0.15) is 0 Å². The topological polar surface area (TPSA) is 59.1 Å². The van der Waals surface area contributed by atoms with Crippen LogP contribution in [-0.2, 0) is 19.1 Å². The normalized spacial score (nSPS) is 21.3. The van der Waals surface area contributed by atoms with Crippen molar-refractivity contribution in [3.05, 3.63) is 37.0 Å². The third-order valence-electron chi connectivity index (χ3n) is 5.88. The molecule has 0 aromatic heterocycles. The summed E-state index contributed by atoms with van der Waals surface area (Å²) in [4.78, 5) is 29.9. The van der Waals surface area contributed by atoms with Crippen LogP contribution in [-0.4, -0.2) is 71.2 Å². The molecule has 0 N–H and O–H groups in total. The van der Waals surface area contributed by atoms with Crippen LogP contribution < -0.4 is 0 Å². The summed E-state index contributed by atoms with van der Waals surface area (Å²) in [5, 5.41) is 0. The van der Waals surface area contributed by atoms with E-state index in [1.807, 2.05) is 43.9 Å². The third kappa shape index (κ3) is 7.31. The summed E-state index contributed by atoms with van der Waals surface area (Å²) >= 11 is 0. The van der Waals surface area contributed by atoms with Crippen LogP contribution in [0.25, 0.3) is 0 Å². The van der Waals surface area contributed by atoms with Gasteiger partial charge in [0.15, 0.2) is 0 Å². The molecule has 0 spiro atoms. The van der Waals surface area contributed by atoms with E-state index in [2.05, 4.69) is 31.9 Å².